The molecule has 1 N–H and O–H groups in total. The molecule has 0 unspecified atom stereocenters. The van der Waals surface area contributed by atoms with Crippen molar-refractivity contribution in [3.63, 3.8) is 0 Å². The molecule has 0 spiro atoms. The summed E-state index contributed by atoms with van der Waals surface area (Å²) in [5.74, 6) is -0.222. The predicted molar refractivity (Wildman–Crippen MR) is 76.1 cm³/mol. The molecule has 0 aliphatic heterocycles. The standard InChI is InChI=1S/C15H18FN3/c1-3-19(14-6-4-5-13(16)9-14)15-7-8-18-11-12(15)10-17-2/h4-9,11,17H,3,10H2,1-2H3. The van der Waals surface area contributed by atoms with Crippen LogP contribution in [0.1, 0.15) is 12.5 Å². The minimum absolute atomic E-state index is 0.222. The molecule has 0 bridgehead atoms. The minimum atomic E-state index is -0.222. The Balaban J connectivity index is 2.42. The first-order valence-electron chi connectivity index (χ1n) is 6.37. The number of anilines is 2. The fourth-order valence-electron chi connectivity index (χ4n) is 2.15. The molecule has 0 aliphatic rings. The summed E-state index contributed by atoms with van der Waals surface area (Å²) in [5, 5.41) is 3.13. The van der Waals surface area contributed by atoms with Gasteiger partial charge in [-0.2, -0.15) is 0 Å². The maximum Gasteiger partial charge on any atom is 0.125 e. The van der Waals surface area contributed by atoms with Crippen molar-refractivity contribution < 1.29 is 4.39 Å². The third-order valence-electron chi connectivity index (χ3n) is 2.97. The van der Waals surface area contributed by atoms with Gasteiger partial charge >= 0.3 is 0 Å². The Hall–Kier alpha value is -1.94. The molecule has 0 amide bonds. The van der Waals surface area contributed by atoms with E-state index in [4.69, 9.17) is 0 Å². The average Bonchev–Trinajstić information content (AvgIpc) is 2.42. The van der Waals surface area contributed by atoms with E-state index < -0.39 is 0 Å². The lowest BCUT2D eigenvalue weighted by Gasteiger charge is -2.25. The highest BCUT2D eigenvalue weighted by Gasteiger charge is 2.11. The number of hydrogen-bond donors (Lipinski definition) is 1. The first-order chi connectivity index (χ1) is 9.26. The van der Waals surface area contributed by atoms with E-state index in [1.807, 2.05) is 25.4 Å². The van der Waals surface area contributed by atoms with Gasteiger partial charge in [0.05, 0.1) is 0 Å². The second kappa shape index (κ2) is 6.29. The molecule has 0 aliphatic carbocycles. The van der Waals surface area contributed by atoms with E-state index in [1.54, 1.807) is 18.3 Å². The van der Waals surface area contributed by atoms with Crippen molar-refractivity contribution in [2.45, 2.75) is 13.5 Å². The van der Waals surface area contributed by atoms with Crippen LogP contribution >= 0.6 is 0 Å². The summed E-state index contributed by atoms with van der Waals surface area (Å²) in [6, 6.07) is 8.61. The first kappa shape index (κ1) is 13.5. The van der Waals surface area contributed by atoms with Gasteiger partial charge in [-0.3, -0.25) is 4.98 Å². The lowest BCUT2D eigenvalue weighted by Crippen LogP contribution is -2.19. The number of benzene rings is 1. The molecule has 2 aromatic rings. The van der Waals surface area contributed by atoms with Gasteiger partial charge in [-0.1, -0.05) is 6.07 Å². The number of halogens is 1. The van der Waals surface area contributed by atoms with Gasteiger partial charge in [0.15, 0.2) is 0 Å². The smallest absolute Gasteiger partial charge is 0.125 e. The number of nitrogens with one attached hydrogen (secondary N) is 1. The van der Waals surface area contributed by atoms with Crippen LogP contribution in [0.25, 0.3) is 0 Å². The maximum absolute atomic E-state index is 13.4. The van der Waals surface area contributed by atoms with Gasteiger partial charge in [0.2, 0.25) is 0 Å². The average molecular weight is 259 g/mol. The Morgan fingerprint density at radius 1 is 1.32 bits per heavy atom. The zero-order valence-corrected chi connectivity index (χ0v) is 11.2. The van der Waals surface area contributed by atoms with Crippen LogP contribution in [0.4, 0.5) is 15.8 Å². The Morgan fingerprint density at radius 2 is 2.16 bits per heavy atom. The van der Waals surface area contributed by atoms with Crippen molar-refractivity contribution in [2.24, 2.45) is 0 Å². The normalized spacial score (nSPS) is 10.5. The molecule has 3 nitrogen and oxygen atoms in total. The second-order valence-electron chi connectivity index (χ2n) is 4.26. The van der Waals surface area contributed by atoms with Gasteiger partial charge in [-0.15, -0.1) is 0 Å². The number of rotatable bonds is 5. The van der Waals surface area contributed by atoms with E-state index in [1.165, 1.54) is 6.07 Å². The van der Waals surface area contributed by atoms with E-state index in [9.17, 15) is 4.39 Å². The van der Waals surface area contributed by atoms with Crippen molar-refractivity contribution in [1.29, 1.82) is 0 Å². The van der Waals surface area contributed by atoms with Crippen molar-refractivity contribution >= 4 is 11.4 Å². The molecule has 0 saturated heterocycles. The summed E-state index contributed by atoms with van der Waals surface area (Å²) in [6.07, 6.45) is 3.60. The lowest BCUT2D eigenvalue weighted by atomic mass is 10.2. The highest BCUT2D eigenvalue weighted by Crippen LogP contribution is 2.28. The fourth-order valence-corrected chi connectivity index (χ4v) is 2.15. The molecule has 0 fully saturated rings. The summed E-state index contributed by atoms with van der Waals surface area (Å²) in [7, 11) is 1.90. The molecular weight excluding hydrogens is 241 g/mol. The molecule has 1 aromatic heterocycles. The topological polar surface area (TPSA) is 28.2 Å². The lowest BCUT2D eigenvalue weighted by molar-refractivity contribution is 0.627. The van der Waals surface area contributed by atoms with Crippen LogP contribution in [-0.2, 0) is 6.54 Å². The van der Waals surface area contributed by atoms with E-state index in [2.05, 4.69) is 22.1 Å². The van der Waals surface area contributed by atoms with E-state index in [0.717, 1.165) is 30.0 Å². The molecule has 100 valence electrons. The highest BCUT2D eigenvalue weighted by atomic mass is 19.1. The zero-order chi connectivity index (χ0) is 13.7. The van der Waals surface area contributed by atoms with Crippen LogP contribution in [0.15, 0.2) is 42.7 Å². The van der Waals surface area contributed by atoms with E-state index >= 15 is 0 Å². The van der Waals surface area contributed by atoms with E-state index in [-0.39, 0.29) is 5.82 Å². The number of hydrogen-bond acceptors (Lipinski definition) is 3. The van der Waals surface area contributed by atoms with Gasteiger partial charge in [0.1, 0.15) is 5.82 Å². The summed E-state index contributed by atoms with van der Waals surface area (Å²) < 4.78 is 13.4. The largest absolute Gasteiger partial charge is 0.341 e. The number of aromatic nitrogens is 1. The van der Waals surface area contributed by atoms with Crippen LogP contribution < -0.4 is 10.2 Å². The van der Waals surface area contributed by atoms with E-state index in [0.29, 0.717) is 0 Å². The van der Waals surface area contributed by atoms with Crippen molar-refractivity contribution in [2.75, 3.05) is 18.5 Å². The monoisotopic (exact) mass is 259 g/mol. The van der Waals surface area contributed by atoms with Crippen LogP contribution in [0.3, 0.4) is 0 Å². The Bertz CT molecular complexity index is 542. The molecule has 19 heavy (non-hydrogen) atoms. The van der Waals surface area contributed by atoms with Gasteiger partial charge in [0.25, 0.3) is 0 Å². The quantitative estimate of drug-likeness (QED) is 0.894. The molecule has 0 radical (unpaired) electrons. The molecule has 4 heteroatoms. The summed E-state index contributed by atoms with van der Waals surface area (Å²) >= 11 is 0. The highest BCUT2D eigenvalue weighted by molar-refractivity contribution is 5.65. The van der Waals surface area contributed by atoms with Crippen LogP contribution in [-0.4, -0.2) is 18.6 Å². The molecule has 2 rings (SSSR count). The van der Waals surface area contributed by atoms with Crippen molar-refractivity contribution in [3.8, 4) is 0 Å². The summed E-state index contributed by atoms with van der Waals surface area (Å²) in [4.78, 5) is 6.23. The third-order valence-corrected chi connectivity index (χ3v) is 2.97. The Labute approximate surface area is 113 Å². The first-order valence-corrected chi connectivity index (χ1v) is 6.37. The predicted octanol–water partition coefficient (Wildman–Crippen LogP) is 3.10. The van der Waals surface area contributed by atoms with Gasteiger partial charge in [-0.05, 0) is 38.2 Å². The van der Waals surface area contributed by atoms with Crippen LogP contribution in [0.5, 0.6) is 0 Å². The van der Waals surface area contributed by atoms with Crippen LogP contribution in [0, 0.1) is 5.82 Å². The summed E-state index contributed by atoms with van der Waals surface area (Å²) in [6.45, 7) is 3.55. The third kappa shape index (κ3) is 3.09. The van der Waals surface area contributed by atoms with Crippen LogP contribution in [0.2, 0.25) is 0 Å². The molecule has 1 aromatic carbocycles. The van der Waals surface area contributed by atoms with Crippen molar-refractivity contribution in [3.05, 3.63) is 54.1 Å². The van der Waals surface area contributed by atoms with Gasteiger partial charge < -0.3 is 10.2 Å². The molecule has 1 heterocycles. The second-order valence-corrected chi connectivity index (χ2v) is 4.26. The number of nitrogens with zero attached hydrogens (tertiary/aromatic N) is 2. The molecule has 0 atom stereocenters. The Kier molecular flexibility index (Phi) is 4.47. The molecular formula is C15H18FN3. The fraction of sp³-hybridized carbons (Fsp3) is 0.267. The van der Waals surface area contributed by atoms with Gasteiger partial charge in [-0.25, -0.2) is 4.39 Å². The maximum atomic E-state index is 13.4. The Morgan fingerprint density at radius 3 is 2.84 bits per heavy atom. The minimum Gasteiger partial charge on any atom is -0.341 e. The zero-order valence-electron chi connectivity index (χ0n) is 11.2. The van der Waals surface area contributed by atoms with Crippen molar-refractivity contribution in [1.82, 2.24) is 10.3 Å². The SMILES string of the molecule is CCN(c1cccc(F)c1)c1ccncc1CNC. The number of pyridine rings is 1. The van der Waals surface area contributed by atoms with Gasteiger partial charge in [0, 0.05) is 42.4 Å². The summed E-state index contributed by atoms with van der Waals surface area (Å²) in [5.41, 5.74) is 3.00. The molecule has 0 saturated carbocycles.